The number of nitrogens with zero attached hydrogens (tertiary/aromatic N) is 1. The van der Waals surface area contributed by atoms with Crippen molar-refractivity contribution < 1.29 is 9.72 Å². The molecule has 1 N–H and O–H groups in total. The number of alkyl halides is 2. The molecule has 0 saturated heterocycles. The Balaban J connectivity index is 2.52. The van der Waals surface area contributed by atoms with Gasteiger partial charge in [0, 0.05) is 34.4 Å². The van der Waals surface area contributed by atoms with Crippen LogP contribution in [-0.2, 0) is 0 Å². The molecule has 0 spiro atoms. The van der Waals surface area contributed by atoms with Crippen LogP contribution in [0.2, 0.25) is 0 Å². The molecule has 2 atom stereocenters. The zero-order chi connectivity index (χ0) is 15.1. The largest absolute Gasteiger partial charge is 0.351 e. The maximum Gasteiger partial charge on any atom is 0.269 e. The normalized spacial score (nSPS) is 13.6. The van der Waals surface area contributed by atoms with E-state index in [0.717, 1.165) is 12.8 Å². The fourth-order valence-electron chi connectivity index (χ4n) is 1.61. The highest BCUT2D eigenvalue weighted by atomic mass is 79.9. The first kappa shape index (κ1) is 16.9. The predicted molar refractivity (Wildman–Crippen MR) is 82.7 cm³/mol. The predicted octanol–water partition coefficient (Wildman–Crippen LogP) is 3.50. The van der Waals surface area contributed by atoms with Gasteiger partial charge in [-0.1, -0.05) is 29.3 Å². The van der Waals surface area contributed by atoms with Crippen LogP contribution in [0.5, 0.6) is 0 Å². The molecular weight excluding hydrogens is 348 g/mol. The van der Waals surface area contributed by atoms with Crippen molar-refractivity contribution in [3.8, 4) is 0 Å². The molecule has 0 aliphatic rings. The SMILES string of the molecule is CCC[C@H](Cl)[C@@H](Br)CNC(=O)c1ccc([N+](=O)[O-])cc1. The van der Waals surface area contributed by atoms with Gasteiger partial charge in [0.15, 0.2) is 0 Å². The zero-order valence-corrected chi connectivity index (χ0v) is 13.4. The molecule has 1 aromatic carbocycles. The van der Waals surface area contributed by atoms with E-state index in [4.69, 9.17) is 11.6 Å². The molecule has 0 unspecified atom stereocenters. The second-order valence-corrected chi connectivity index (χ2v) is 6.07. The Labute approximate surface area is 131 Å². The fourth-order valence-corrected chi connectivity index (χ4v) is 2.34. The molecule has 0 radical (unpaired) electrons. The number of non-ortho nitro benzene ring substituents is 1. The minimum Gasteiger partial charge on any atom is -0.351 e. The van der Waals surface area contributed by atoms with Crippen LogP contribution < -0.4 is 5.32 Å². The van der Waals surface area contributed by atoms with E-state index in [1.807, 2.05) is 6.92 Å². The summed E-state index contributed by atoms with van der Waals surface area (Å²) in [7, 11) is 0. The van der Waals surface area contributed by atoms with Crippen LogP contribution >= 0.6 is 27.5 Å². The molecule has 0 saturated carbocycles. The van der Waals surface area contributed by atoms with Gasteiger partial charge in [-0.05, 0) is 18.6 Å². The lowest BCUT2D eigenvalue weighted by atomic mass is 10.1. The van der Waals surface area contributed by atoms with Gasteiger partial charge >= 0.3 is 0 Å². The number of nitro groups is 1. The van der Waals surface area contributed by atoms with Gasteiger partial charge in [0.05, 0.1) is 4.92 Å². The van der Waals surface area contributed by atoms with E-state index in [2.05, 4.69) is 21.2 Å². The summed E-state index contributed by atoms with van der Waals surface area (Å²) in [6.07, 6.45) is 1.84. The quantitative estimate of drug-likeness (QED) is 0.458. The van der Waals surface area contributed by atoms with E-state index in [1.165, 1.54) is 24.3 Å². The van der Waals surface area contributed by atoms with E-state index in [9.17, 15) is 14.9 Å². The number of hydrogen-bond acceptors (Lipinski definition) is 3. The summed E-state index contributed by atoms with van der Waals surface area (Å²) in [6.45, 7) is 2.45. The summed E-state index contributed by atoms with van der Waals surface area (Å²) in [4.78, 5) is 21.9. The number of nitro benzene ring substituents is 1. The minimum atomic E-state index is -0.501. The maximum absolute atomic E-state index is 11.9. The molecule has 0 aromatic heterocycles. The summed E-state index contributed by atoms with van der Waals surface area (Å²) in [5, 5.41) is 13.2. The first-order chi connectivity index (χ1) is 9.45. The third kappa shape index (κ3) is 5.09. The highest BCUT2D eigenvalue weighted by Crippen LogP contribution is 2.17. The van der Waals surface area contributed by atoms with Crippen LogP contribution in [-0.4, -0.2) is 27.6 Å². The van der Waals surface area contributed by atoms with Crippen LogP contribution in [0.4, 0.5) is 5.69 Å². The number of nitrogens with one attached hydrogen (secondary N) is 1. The second kappa shape index (κ2) is 8.21. The van der Waals surface area contributed by atoms with Crippen molar-refractivity contribution in [2.75, 3.05) is 6.54 Å². The van der Waals surface area contributed by atoms with Gasteiger partial charge in [-0.2, -0.15) is 0 Å². The first-order valence-electron chi connectivity index (χ1n) is 6.26. The average molecular weight is 364 g/mol. The number of amides is 1. The van der Waals surface area contributed by atoms with Crippen LogP contribution in [0.1, 0.15) is 30.1 Å². The summed E-state index contributed by atoms with van der Waals surface area (Å²) < 4.78 is 0. The summed E-state index contributed by atoms with van der Waals surface area (Å²) in [5.41, 5.74) is 0.348. The Morgan fingerprint density at radius 1 is 1.45 bits per heavy atom. The third-order valence-electron chi connectivity index (χ3n) is 2.75. The number of hydrogen-bond donors (Lipinski definition) is 1. The Morgan fingerprint density at radius 2 is 2.05 bits per heavy atom. The molecule has 0 bridgehead atoms. The Morgan fingerprint density at radius 3 is 2.55 bits per heavy atom. The Bertz CT molecular complexity index is 467. The van der Waals surface area contributed by atoms with Crippen LogP contribution in [0.25, 0.3) is 0 Å². The molecule has 1 aromatic rings. The van der Waals surface area contributed by atoms with Crippen LogP contribution in [0.3, 0.4) is 0 Å². The lowest BCUT2D eigenvalue weighted by Crippen LogP contribution is -2.33. The number of carbonyl (C=O) groups is 1. The number of halogens is 2. The van der Waals surface area contributed by atoms with Crippen molar-refractivity contribution >= 4 is 39.1 Å². The van der Waals surface area contributed by atoms with Gasteiger partial charge in [-0.25, -0.2) is 0 Å². The van der Waals surface area contributed by atoms with Gasteiger partial charge in [0.2, 0.25) is 0 Å². The van der Waals surface area contributed by atoms with Crippen LogP contribution in [0, 0.1) is 10.1 Å². The number of carbonyl (C=O) groups excluding carboxylic acids is 1. The molecule has 5 nitrogen and oxygen atoms in total. The molecule has 0 aliphatic carbocycles. The first-order valence-corrected chi connectivity index (χ1v) is 7.61. The van der Waals surface area contributed by atoms with E-state index in [-0.39, 0.29) is 21.8 Å². The van der Waals surface area contributed by atoms with Crippen molar-refractivity contribution in [3.63, 3.8) is 0 Å². The van der Waals surface area contributed by atoms with Crippen molar-refractivity contribution in [2.45, 2.75) is 30.0 Å². The van der Waals surface area contributed by atoms with Crippen molar-refractivity contribution in [3.05, 3.63) is 39.9 Å². The molecule has 0 heterocycles. The molecule has 20 heavy (non-hydrogen) atoms. The molecule has 0 fully saturated rings. The van der Waals surface area contributed by atoms with E-state index in [0.29, 0.717) is 12.1 Å². The van der Waals surface area contributed by atoms with Crippen molar-refractivity contribution in [1.82, 2.24) is 5.32 Å². The molecule has 110 valence electrons. The fraction of sp³-hybridized carbons (Fsp3) is 0.462. The van der Waals surface area contributed by atoms with E-state index in [1.54, 1.807) is 0 Å². The summed E-state index contributed by atoms with van der Waals surface area (Å²) in [5.74, 6) is -0.273. The Hall–Kier alpha value is -1.14. The standard InChI is InChI=1S/C13H16BrClN2O3/c1-2-3-12(15)11(14)8-16-13(18)9-4-6-10(7-5-9)17(19)20/h4-7,11-12H,2-3,8H2,1H3,(H,16,18)/t11-,12-/m0/s1. The number of benzene rings is 1. The van der Waals surface area contributed by atoms with Gasteiger partial charge in [0.1, 0.15) is 0 Å². The molecular formula is C13H16BrClN2O3. The highest BCUT2D eigenvalue weighted by Gasteiger charge is 2.17. The average Bonchev–Trinajstić information content (AvgIpc) is 2.44. The van der Waals surface area contributed by atoms with E-state index < -0.39 is 4.92 Å². The van der Waals surface area contributed by atoms with E-state index >= 15 is 0 Å². The van der Waals surface area contributed by atoms with Crippen LogP contribution in [0.15, 0.2) is 24.3 Å². The topological polar surface area (TPSA) is 72.2 Å². The zero-order valence-electron chi connectivity index (χ0n) is 11.0. The number of rotatable bonds is 7. The summed E-state index contributed by atoms with van der Waals surface area (Å²) >= 11 is 9.58. The monoisotopic (exact) mass is 362 g/mol. The van der Waals surface area contributed by atoms with Gasteiger partial charge in [0.25, 0.3) is 11.6 Å². The second-order valence-electron chi connectivity index (χ2n) is 4.33. The minimum absolute atomic E-state index is 0.00823. The van der Waals surface area contributed by atoms with Gasteiger partial charge in [-0.3, -0.25) is 14.9 Å². The smallest absolute Gasteiger partial charge is 0.269 e. The highest BCUT2D eigenvalue weighted by molar-refractivity contribution is 9.09. The lowest BCUT2D eigenvalue weighted by Gasteiger charge is -2.16. The molecule has 1 rings (SSSR count). The van der Waals surface area contributed by atoms with Crippen molar-refractivity contribution in [1.29, 1.82) is 0 Å². The maximum atomic E-state index is 11.9. The lowest BCUT2D eigenvalue weighted by molar-refractivity contribution is -0.384. The molecule has 0 aliphatic heterocycles. The molecule has 7 heteroatoms. The third-order valence-corrected chi connectivity index (χ3v) is 4.54. The summed E-state index contributed by atoms with van der Waals surface area (Å²) in [6, 6.07) is 5.48. The molecule has 1 amide bonds. The van der Waals surface area contributed by atoms with Crippen molar-refractivity contribution in [2.24, 2.45) is 0 Å². The Kier molecular flexibility index (Phi) is 6.95. The van der Waals surface area contributed by atoms with Gasteiger partial charge < -0.3 is 5.32 Å². The van der Waals surface area contributed by atoms with Gasteiger partial charge in [-0.15, -0.1) is 11.6 Å².